The fourth-order valence-electron chi connectivity index (χ4n) is 1.87. The second-order valence-corrected chi connectivity index (χ2v) is 4.03. The molecule has 0 saturated carbocycles. The Bertz CT molecular complexity index is 485. The third kappa shape index (κ3) is 2.65. The monoisotopic (exact) mass is 228 g/mol. The molecule has 17 heavy (non-hydrogen) atoms. The fraction of sp³-hybridized carbons (Fsp3) is 0.308. The van der Waals surface area contributed by atoms with Crippen LogP contribution in [0, 0.1) is 13.8 Å². The molecule has 4 nitrogen and oxygen atoms in total. The van der Waals surface area contributed by atoms with Gasteiger partial charge in [-0.2, -0.15) is 0 Å². The molecule has 0 atom stereocenters. The topological polar surface area (TPSA) is 64.7 Å². The Balaban J connectivity index is 2.29. The third-order valence-electron chi connectivity index (χ3n) is 2.76. The first kappa shape index (κ1) is 11.7. The summed E-state index contributed by atoms with van der Waals surface area (Å²) >= 11 is 0. The predicted molar refractivity (Wildman–Crippen MR) is 66.4 cm³/mol. The summed E-state index contributed by atoms with van der Waals surface area (Å²) in [4.78, 5) is 13.0. The van der Waals surface area contributed by atoms with E-state index in [1.807, 2.05) is 32.2 Å². The molecule has 0 aliphatic heterocycles. The summed E-state index contributed by atoms with van der Waals surface area (Å²) < 4.78 is 0. The van der Waals surface area contributed by atoms with Crippen molar-refractivity contribution in [3.63, 3.8) is 0 Å². The Hall–Kier alpha value is -1.81. The molecular formula is C13H16N4. The van der Waals surface area contributed by atoms with Crippen molar-refractivity contribution in [1.82, 2.24) is 15.0 Å². The Labute approximate surface area is 101 Å². The molecule has 0 radical (unpaired) electrons. The summed E-state index contributed by atoms with van der Waals surface area (Å²) in [6, 6.07) is 3.95. The van der Waals surface area contributed by atoms with Crippen LogP contribution in [-0.4, -0.2) is 15.0 Å². The van der Waals surface area contributed by atoms with E-state index in [1.165, 1.54) is 0 Å². The molecule has 0 spiro atoms. The summed E-state index contributed by atoms with van der Waals surface area (Å²) in [6.07, 6.45) is 4.31. The van der Waals surface area contributed by atoms with E-state index in [0.29, 0.717) is 13.0 Å². The quantitative estimate of drug-likeness (QED) is 0.865. The van der Waals surface area contributed by atoms with E-state index in [0.717, 1.165) is 28.3 Å². The maximum atomic E-state index is 5.66. The van der Waals surface area contributed by atoms with Crippen molar-refractivity contribution < 1.29 is 0 Å². The Morgan fingerprint density at radius 3 is 2.41 bits per heavy atom. The second kappa shape index (κ2) is 5.01. The van der Waals surface area contributed by atoms with E-state index < -0.39 is 0 Å². The third-order valence-corrected chi connectivity index (χ3v) is 2.76. The van der Waals surface area contributed by atoms with Crippen LogP contribution in [0.2, 0.25) is 0 Å². The second-order valence-electron chi connectivity index (χ2n) is 4.03. The molecule has 0 amide bonds. The van der Waals surface area contributed by atoms with Crippen molar-refractivity contribution in [3.8, 4) is 0 Å². The number of rotatable bonds is 3. The number of aryl methyl sites for hydroxylation is 2. The molecule has 4 heteroatoms. The zero-order valence-electron chi connectivity index (χ0n) is 10.1. The van der Waals surface area contributed by atoms with Gasteiger partial charge in [0.15, 0.2) is 0 Å². The minimum Gasteiger partial charge on any atom is -0.326 e. The molecule has 0 saturated heterocycles. The molecule has 2 heterocycles. The zero-order chi connectivity index (χ0) is 12.3. The lowest BCUT2D eigenvalue weighted by molar-refractivity contribution is 0.865. The van der Waals surface area contributed by atoms with E-state index in [4.69, 9.17) is 5.73 Å². The lowest BCUT2D eigenvalue weighted by Crippen LogP contribution is -2.09. The molecule has 2 aromatic heterocycles. The van der Waals surface area contributed by atoms with E-state index >= 15 is 0 Å². The number of aromatic nitrogens is 3. The van der Waals surface area contributed by atoms with Crippen molar-refractivity contribution in [1.29, 1.82) is 0 Å². The molecule has 0 unspecified atom stereocenters. The average Bonchev–Trinajstić information content (AvgIpc) is 2.30. The largest absolute Gasteiger partial charge is 0.326 e. The molecule has 2 rings (SSSR count). The van der Waals surface area contributed by atoms with Gasteiger partial charge in [0.05, 0.1) is 0 Å². The van der Waals surface area contributed by atoms with Crippen molar-refractivity contribution in [3.05, 3.63) is 52.9 Å². The van der Waals surface area contributed by atoms with Crippen LogP contribution >= 0.6 is 0 Å². The van der Waals surface area contributed by atoms with Gasteiger partial charge in [-0.1, -0.05) is 6.07 Å². The van der Waals surface area contributed by atoms with Crippen LogP contribution < -0.4 is 5.73 Å². The van der Waals surface area contributed by atoms with Crippen molar-refractivity contribution in [2.75, 3.05) is 0 Å². The summed E-state index contributed by atoms with van der Waals surface area (Å²) in [7, 11) is 0. The van der Waals surface area contributed by atoms with Gasteiger partial charge in [-0.15, -0.1) is 0 Å². The summed E-state index contributed by atoms with van der Waals surface area (Å²) in [6.45, 7) is 4.44. The van der Waals surface area contributed by atoms with Gasteiger partial charge in [0.25, 0.3) is 0 Å². The molecule has 88 valence electrons. The van der Waals surface area contributed by atoms with Crippen LogP contribution in [-0.2, 0) is 13.0 Å². The van der Waals surface area contributed by atoms with Gasteiger partial charge >= 0.3 is 0 Å². The Kier molecular flexibility index (Phi) is 3.44. The van der Waals surface area contributed by atoms with Crippen LogP contribution in [0.15, 0.2) is 24.5 Å². The minimum absolute atomic E-state index is 0.491. The maximum Gasteiger partial charge on any atom is 0.133 e. The molecule has 0 fully saturated rings. The first-order chi connectivity index (χ1) is 8.20. The molecule has 2 N–H and O–H groups in total. The van der Waals surface area contributed by atoms with Gasteiger partial charge in [-0.3, -0.25) is 4.98 Å². The number of pyridine rings is 1. The first-order valence-corrected chi connectivity index (χ1v) is 5.62. The van der Waals surface area contributed by atoms with Crippen LogP contribution in [0.1, 0.15) is 28.3 Å². The summed E-state index contributed by atoms with van der Waals surface area (Å²) in [5.74, 6) is 0.824. The average molecular weight is 228 g/mol. The SMILES string of the molecule is Cc1nc(Cc2cccnc2)nc(C)c1CN. The van der Waals surface area contributed by atoms with Crippen LogP contribution in [0.25, 0.3) is 0 Å². The highest BCUT2D eigenvalue weighted by Gasteiger charge is 2.07. The van der Waals surface area contributed by atoms with Crippen molar-refractivity contribution in [2.45, 2.75) is 26.8 Å². The van der Waals surface area contributed by atoms with Crippen LogP contribution in [0.4, 0.5) is 0 Å². The molecule has 0 aliphatic carbocycles. The number of hydrogen-bond acceptors (Lipinski definition) is 4. The standard InChI is InChI=1S/C13H16N4/c1-9-12(7-14)10(2)17-13(16-9)6-11-4-3-5-15-8-11/h3-5,8H,6-7,14H2,1-2H3. The lowest BCUT2D eigenvalue weighted by Gasteiger charge is -2.08. The van der Waals surface area contributed by atoms with Gasteiger partial charge in [-0.05, 0) is 25.5 Å². The van der Waals surface area contributed by atoms with Gasteiger partial charge < -0.3 is 5.73 Å². The molecule has 0 aliphatic rings. The highest BCUT2D eigenvalue weighted by atomic mass is 14.9. The van der Waals surface area contributed by atoms with E-state index in [2.05, 4.69) is 15.0 Å². The van der Waals surface area contributed by atoms with Crippen molar-refractivity contribution in [2.24, 2.45) is 5.73 Å². The number of nitrogens with two attached hydrogens (primary N) is 1. The Morgan fingerprint density at radius 2 is 1.88 bits per heavy atom. The summed E-state index contributed by atoms with van der Waals surface area (Å²) in [5.41, 5.74) is 9.77. The highest BCUT2D eigenvalue weighted by molar-refractivity contribution is 5.25. The zero-order valence-corrected chi connectivity index (χ0v) is 10.1. The van der Waals surface area contributed by atoms with Crippen LogP contribution in [0.3, 0.4) is 0 Å². The number of hydrogen-bond donors (Lipinski definition) is 1. The molecule has 0 bridgehead atoms. The minimum atomic E-state index is 0.491. The first-order valence-electron chi connectivity index (χ1n) is 5.62. The maximum absolute atomic E-state index is 5.66. The Morgan fingerprint density at radius 1 is 1.18 bits per heavy atom. The van der Waals surface area contributed by atoms with Crippen molar-refractivity contribution >= 4 is 0 Å². The van der Waals surface area contributed by atoms with E-state index in [1.54, 1.807) is 6.20 Å². The molecule has 2 aromatic rings. The van der Waals surface area contributed by atoms with E-state index in [-0.39, 0.29) is 0 Å². The highest BCUT2D eigenvalue weighted by Crippen LogP contribution is 2.11. The van der Waals surface area contributed by atoms with Gasteiger partial charge in [0, 0.05) is 42.3 Å². The van der Waals surface area contributed by atoms with Gasteiger partial charge in [-0.25, -0.2) is 9.97 Å². The van der Waals surface area contributed by atoms with Gasteiger partial charge in [0.2, 0.25) is 0 Å². The normalized spacial score (nSPS) is 10.5. The predicted octanol–water partition coefficient (Wildman–Crippen LogP) is 1.54. The molecule has 0 aromatic carbocycles. The summed E-state index contributed by atoms with van der Waals surface area (Å²) in [5, 5.41) is 0. The lowest BCUT2D eigenvalue weighted by atomic mass is 10.1. The fourth-order valence-corrected chi connectivity index (χ4v) is 1.87. The van der Waals surface area contributed by atoms with Gasteiger partial charge in [0.1, 0.15) is 5.82 Å². The number of nitrogens with zero attached hydrogens (tertiary/aromatic N) is 3. The van der Waals surface area contributed by atoms with Crippen LogP contribution in [0.5, 0.6) is 0 Å². The smallest absolute Gasteiger partial charge is 0.133 e. The van der Waals surface area contributed by atoms with E-state index in [9.17, 15) is 0 Å². The molecular weight excluding hydrogens is 212 g/mol.